The molecule has 5 heteroatoms. The minimum atomic E-state index is -0.276. The van der Waals surface area contributed by atoms with Gasteiger partial charge in [-0.3, -0.25) is 4.79 Å². The summed E-state index contributed by atoms with van der Waals surface area (Å²) >= 11 is 5.85. The monoisotopic (exact) mass is 221 g/mol. The number of alkyl halides is 1. The normalized spacial score (nSPS) is 23.4. The number of nitrogens with one attached hydrogen (secondary N) is 1. The number of hydrogen-bond donors (Lipinski definition) is 1. The third-order valence-corrected chi connectivity index (χ3v) is 2.35. The fraction of sp³-hybridized carbons (Fsp3) is 0.889. The van der Waals surface area contributed by atoms with Crippen molar-refractivity contribution in [3.63, 3.8) is 0 Å². The van der Waals surface area contributed by atoms with Gasteiger partial charge in [0.15, 0.2) is 0 Å². The van der Waals surface area contributed by atoms with Crippen LogP contribution in [-0.2, 0) is 14.3 Å². The first-order valence-electron chi connectivity index (χ1n) is 4.76. The van der Waals surface area contributed by atoms with Gasteiger partial charge in [0.1, 0.15) is 6.10 Å². The van der Waals surface area contributed by atoms with Crippen LogP contribution >= 0.6 is 11.6 Å². The van der Waals surface area contributed by atoms with Gasteiger partial charge in [0.05, 0.1) is 12.0 Å². The van der Waals surface area contributed by atoms with Crippen LogP contribution in [0, 0.1) is 0 Å². The summed E-state index contributed by atoms with van der Waals surface area (Å²) in [6.07, 6.45) is 1.49. The summed E-state index contributed by atoms with van der Waals surface area (Å²) in [6.45, 7) is 1.54. The highest BCUT2D eigenvalue weighted by Crippen LogP contribution is 2.11. The zero-order chi connectivity index (χ0) is 10.4. The van der Waals surface area contributed by atoms with Crippen molar-refractivity contribution in [2.45, 2.75) is 24.3 Å². The van der Waals surface area contributed by atoms with Crippen LogP contribution in [0.1, 0.15) is 12.8 Å². The number of rotatable bonds is 5. The molecule has 0 saturated carbocycles. The average Bonchev–Trinajstić information content (AvgIpc) is 2.67. The number of ether oxygens (including phenoxy) is 2. The third kappa shape index (κ3) is 3.82. The second kappa shape index (κ2) is 6.22. The van der Waals surface area contributed by atoms with E-state index in [0.29, 0.717) is 19.8 Å². The van der Waals surface area contributed by atoms with Crippen molar-refractivity contribution in [1.82, 2.24) is 5.32 Å². The molecule has 0 aromatic rings. The van der Waals surface area contributed by atoms with E-state index in [1.54, 1.807) is 7.11 Å². The van der Waals surface area contributed by atoms with E-state index in [1.165, 1.54) is 0 Å². The molecule has 2 unspecified atom stereocenters. The maximum absolute atomic E-state index is 11.4. The number of carbonyl (C=O) groups excluding carboxylic acids is 1. The molecule has 14 heavy (non-hydrogen) atoms. The van der Waals surface area contributed by atoms with Crippen LogP contribution in [0.2, 0.25) is 0 Å². The smallest absolute Gasteiger partial charge is 0.249 e. The van der Waals surface area contributed by atoms with Gasteiger partial charge < -0.3 is 14.8 Å². The quantitative estimate of drug-likeness (QED) is 0.690. The number of halogens is 1. The molecule has 0 spiro atoms. The second-order valence-corrected chi connectivity index (χ2v) is 3.92. The summed E-state index contributed by atoms with van der Waals surface area (Å²) < 4.78 is 10.1. The van der Waals surface area contributed by atoms with Crippen molar-refractivity contribution >= 4 is 17.5 Å². The molecule has 1 rings (SSSR count). The van der Waals surface area contributed by atoms with Crippen LogP contribution in [0.15, 0.2) is 0 Å². The van der Waals surface area contributed by atoms with Crippen LogP contribution in [0.3, 0.4) is 0 Å². The Labute approximate surface area is 88.9 Å². The molecular formula is C9H16ClNO3. The Balaban J connectivity index is 2.13. The Morgan fingerprint density at radius 1 is 1.79 bits per heavy atom. The standard InChI is InChI=1S/C9H16ClNO3/c1-13-6-7(10)5-11-9(12)8-3-2-4-14-8/h7-8H,2-6H2,1H3,(H,11,12). The molecular weight excluding hydrogens is 206 g/mol. The van der Waals surface area contributed by atoms with Crippen molar-refractivity contribution in [1.29, 1.82) is 0 Å². The zero-order valence-electron chi connectivity index (χ0n) is 8.29. The predicted octanol–water partition coefficient (Wildman–Crippen LogP) is 0.535. The van der Waals surface area contributed by atoms with Crippen molar-refractivity contribution in [2.75, 3.05) is 26.9 Å². The zero-order valence-corrected chi connectivity index (χ0v) is 9.05. The SMILES string of the molecule is COCC(Cl)CNC(=O)C1CCCO1. The Morgan fingerprint density at radius 3 is 3.14 bits per heavy atom. The summed E-state index contributed by atoms with van der Waals surface area (Å²) in [5.74, 6) is -0.0655. The summed E-state index contributed by atoms with van der Waals surface area (Å²) in [5.41, 5.74) is 0. The van der Waals surface area contributed by atoms with Crippen LogP contribution in [0.4, 0.5) is 0 Å². The molecule has 1 amide bonds. The maximum Gasteiger partial charge on any atom is 0.249 e. The summed E-state index contributed by atoms with van der Waals surface area (Å²) in [6, 6.07) is 0. The second-order valence-electron chi connectivity index (χ2n) is 3.30. The highest BCUT2D eigenvalue weighted by atomic mass is 35.5. The number of hydrogen-bond acceptors (Lipinski definition) is 3. The lowest BCUT2D eigenvalue weighted by atomic mass is 10.2. The molecule has 82 valence electrons. The molecule has 1 heterocycles. The van der Waals surface area contributed by atoms with Gasteiger partial charge in [-0.05, 0) is 12.8 Å². The molecule has 4 nitrogen and oxygen atoms in total. The molecule has 1 aliphatic heterocycles. The van der Waals surface area contributed by atoms with Gasteiger partial charge in [0.2, 0.25) is 5.91 Å². The minimum Gasteiger partial charge on any atom is -0.383 e. The highest BCUT2D eigenvalue weighted by molar-refractivity contribution is 6.21. The minimum absolute atomic E-state index is 0.0655. The topological polar surface area (TPSA) is 47.6 Å². The van der Waals surface area contributed by atoms with Crippen LogP contribution in [0.25, 0.3) is 0 Å². The first-order chi connectivity index (χ1) is 6.74. The molecule has 0 aromatic carbocycles. The van der Waals surface area contributed by atoms with E-state index in [0.717, 1.165) is 12.8 Å². The molecule has 0 aliphatic carbocycles. The number of amides is 1. The first-order valence-corrected chi connectivity index (χ1v) is 5.20. The van der Waals surface area contributed by atoms with Crippen LogP contribution < -0.4 is 5.32 Å². The molecule has 1 saturated heterocycles. The molecule has 2 atom stereocenters. The van der Waals surface area contributed by atoms with E-state index in [1.807, 2.05) is 0 Å². The Hall–Kier alpha value is -0.320. The van der Waals surface area contributed by atoms with E-state index < -0.39 is 0 Å². The Bertz CT molecular complexity index is 183. The number of carbonyl (C=O) groups is 1. The fourth-order valence-corrected chi connectivity index (χ4v) is 1.55. The molecule has 1 aliphatic rings. The fourth-order valence-electron chi connectivity index (χ4n) is 1.35. The molecule has 0 aromatic heterocycles. The maximum atomic E-state index is 11.4. The number of methoxy groups -OCH3 is 1. The van der Waals surface area contributed by atoms with E-state index in [-0.39, 0.29) is 17.4 Å². The van der Waals surface area contributed by atoms with Crippen molar-refractivity contribution in [3.8, 4) is 0 Å². The average molecular weight is 222 g/mol. The Morgan fingerprint density at radius 2 is 2.57 bits per heavy atom. The third-order valence-electron chi connectivity index (χ3n) is 2.07. The van der Waals surface area contributed by atoms with Gasteiger partial charge in [-0.2, -0.15) is 0 Å². The van der Waals surface area contributed by atoms with Gasteiger partial charge in [-0.25, -0.2) is 0 Å². The van der Waals surface area contributed by atoms with Gasteiger partial charge in [-0.1, -0.05) is 0 Å². The highest BCUT2D eigenvalue weighted by Gasteiger charge is 2.23. The first kappa shape index (κ1) is 11.8. The summed E-state index contributed by atoms with van der Waals surface area (Å²) in [7, 11) is 1.58. The van der Waals surface area contributed by atoms with Crippen LogP contribution in [-0.4, -0.2) is 44.3 Å². The van der Waals surface area contributed by atoms with Crippen molar-refractivity contribution < 1.29 is 14.3 Å². The van der Waals surface area contributed by atoms with Crippen LogP contribution in [0.5, 0.6) is 0 Å². The van der Waals surface area contributed by atoms with Crippen molar-refractivity contribution in [3.05, 3.63) is 0 Å². The lowest BCUT2D eigenvalue weighted by Gasteiger charge is -2.12. The largest absolute Gasteiger partial charge is 0.383 e. The van der Waals surface area contributed by atoms with E-state index in [4.69, 9.17) is 21.1 Å². The van der Waals surface area contributed by atoms with E-state index in [9.17, 15) is 4.79 Å². The molecule has 0 bridgehead atoms. The van der Waals surface area contributed by atoms with Crippen molar-refractivity contribution in [2.24, 2.45) is 0 Å². The van der Waals surface area contributed by atoms with Gasteiger partial charge in [0, 0.05) is 20.3 Å². The lowest BCUT2D eigenvalue weighted by Crippen LogP contribution is -2.38. The summed E-state index contributed by atoms with van der Waals surface area (Å²) in [4.78, 5) is 11.4. The lowest BCUT2D eigenvalue weighted by molar-refractivity contribution is -0.130. The van der Waals surface area contributed by atoms with E-state index in [2.05, 4.69) is 5.32 Å². The Kier molecular flexibility index (Phi) is 5.22. The van der Waals surface area contributed by atoms with E-state index >= 15 is 0 Å². The van der Waals surface area contributed by atoms with Gasteiger partial charge in [0.25, 0.3) is 0 Å². The molecule has 0 radical (unpaired) electrons. The van der Waals surface area contributed by atoms with Gasteiger partial charge >= 0.3 is 0 Å². The molecule has 1 fully saturated rings. The van der Waals surface area contributed by atoms with Gasteiger partial charge in [-0.15, -0.1) is 11.6 Å². The summed E-state index contributed by atoms with van der Waals surface area (Å²) in [5, 5.41) is 2.56. The predicted molar refractivity (Wildman–Crippen MR) is 53.5 cm³/mol. The molecule has 1 N–H and O–H groups in total.